The van der Waals surface area contributed by atoms with Crippen LogP contribution in [0.15, 0.2) is 0 Å². The van der Waals surface area contributed by atoms with Gasteiger partial charge in [0.25, 0.3) is 0 Å². The molecule has 0 saturated heterocycles. The minimum Gasteiger partial charge on any atom is -0.390 e. The maximum atomic E-state index is 10.7. The van der Waals surface area contributed by atoms with Crippen LogP contribution in [-0.4, -0.2) is 10.7 Å². The van der Waals surface area contributed by atoms with E-state index in [-0.39, 0.29) is 5.60 Å². The first-order valence-electron chi connectivity index (χ1n) is 8.31. The highest BCUT2D eigenvalue weighted by molar-refractivity contribution is 4.89. The van der Waals surface area contributed by atoms with Gasteiger partial charge < -0.3 is 5.11 Å². The van der Waals surface area contributed by atoms with Crippen LogP contribution in [0.1, 0.15) is 91.4 Å². The third kappa shape index (κ3) is 5.30. The fourth-order valence-corrected chi connectivity index (χ4v) is 3.44. The predicted octanol–water partition coefficient (Wildman–Crippen LogP) is 5.31. The molecule has 1 N–H and O–H groups in total. The summed E-state index contributed by atoms with van der Waals surface area (Å²) in [6.45, 7) is 6.84. The Morgan fingerprint density at radius 3 is 2.22 bits per heavy atom. The van der Waals surface area contributed by atoms with Crippen LogP contribution in [0, 0.1) is 11.8 Å². The number of unbranched alkanes of at least 4 members (excludes halogenated alkanes) is 6. The van der Waals surface area contributed by atoms with Gasteiger partial charge in [-0.25, -0.2) is 0 Å². The Bertz CT molecular complexity index is 214. The zero-order valence-corrected chi connectivity index (χ0v) is 12.9. The standard InChI is InChI=1S/C17H34O/c1-4-5-6-7-8-9-10-12-17(18)13-11-15(2)14-16(17)3/h15-16,18H,4-14H2,1-3H3. The molecule has 0 aromatic heterocycles. The SMILES string of the molecule is CCCCCCCCCC1(O)CCC(C)CC1C. The zero-order chi connectivity index (χ0) is 13.4. The molecule has 1 heteroatoms. The fraction of sp³-hybridized carbons (Fsp3) is 1.00. The normalized spacial score (nSPS) is 32.7. The van der Waals surface area contributed by atoms with E-state index in [4.69, 9.17) is 0 Å². The lowest BCUT2D eigenvalue weighted by Crippen LogP contribution is -2.41. The zero-order valence-electron chi connectivity index (χ0n) is 12.9. The average molecular weight is 254 g/mol. The molecule has 0 radical (unpaired) electrons. The molecule has 1 aliphatic carbocycles. The average Bonchev–Trinajstić information content (AvgIpc) is 2.34. The van der Waals surface area contributed by atoms with Gasteiger partial charge in [-0.3, -0.25) is 0 Å². The third-order valence-electron chi connectivity index (χ3n) is 4.96. The van der Waals surface area contributed by atoms with Crippen LogP contribution in [0.2, 0.25) is 0 Å². The lowest BCUT2D eigenvalue weighted by Gasteiger charge is -2.41. The maximum absolute atomic E-state index is 10.7. The Labute approximate surface area is 114 Å². The second-order valence-electron chi connectivity index (χ2n) is 6.76. The molecular weight excluding hydrogens is 220 g/mol. The van der Waals surface area contributed by atoms with Gasteiger partial charge in [-0.2, -0.15) is 0 Å². The van der Waals surface area contributed by atoms with Crippen molar-refractivity contribution in [3.05, 3.63) is 0 Å². The molecule has 108 valence electrons. The van der Waals surface area contributed by atoms with E-state index in [9.17, 15) is 5.11 Å². The van der Waals surface area contributed by atoms with Crippen molar-refractivity contribution in [2.45, 2.75) is 97.0 Å². The van der Waals surface area contributed by atoms with Gasteiger partial charge in [0.05, 0.1) is 5.60 Å². The van der Waals surface area contributed by atoms with Gasteiger partial charge >= 0.3 is 0 Å². The Morgan fingerprint density at radius 2 is 1.61 bits per heavy atom. The molecular formula is C17H34O. The predicted molar refractivity (Wildman–Crippen MR) is 79.7 cm³/mol. The molecule has 18 heavy (non-hydrogen) atoms. The molecule has 1 fully saturated rings. The summed E-state index contributed by atoms with van der Waals surface area (Å²) in [7, 11) is 0. The number of aliphatic hydroxyl groups is 1. The van der Waals surface area contributed by atoms with Crippen LogP contribution in [0.3, 0.4) is 0 Å². The molecule has 1 saturated carbocycles. The first kappa shape index (κ1) is 16.0. The molecule has 0 aliphatic heterocycles. The van der Waals surface area contributed by atoms with E-state index in [1.807, 2.05) is 0 Å². The van der Waals surface area contributed by atoms with Crippen LogP contribution < -0.4 is 0 Å². The van der Waals surface area contributed by atoms with Crippen molar-refractivity contribution in [1.82, 2.24) is 0 Å². The molecule has 0 aromatic carbocycles. The number of rotatable bonds is 8. The van der Waals surface area contributed by atoms with Crippen LogP contribution in [0.5, 0.6) is 0 Å². The van der Waals surface area contributed by atoms with Crippen molar-refractivity contribution in [2.24, 2.45) is 11.8 Å². The molecule has 3 unspecified atom stereocenters. The van der Waals surface area contributed by atoms with Gasteiger partial charge in [0.2, 0.25) is 0 Å². The van der Waals surface area contributed by atoms with Gasteiger partial charge in [0.1, 0.15) is 0 Å². The van der Waals surface area contributed by atoms with Gasteiger partial charge in [0, 0.05) is 0 Å². The molecule has 3 atom stereocenters. The summed E-state index contributed by atoms with van der Waals surface area (Å²) in [6.07, 6.45) is 13.9. The molecule has 0 spiro atoms. The molecule has 1 aliphatic rings. The monoisotopic (exact) mass is 254 g/mol. The largest absolute Gasteiger partial charge is 0.390 e. The van der Waals surface area contributed by atoms with Crippen molar-refractivity contribution in [2.75, 3.05) is 0 Å². The summed E-state index contributed by atoms with van der Waals surface area (Å²) in [6, 6.07) is 0. The Morgan fingerprint density at radius 1 is 1.00 bits per heavy atom. The molecule has 0 heterocycles. The minimum atomic E-state index is -0.337. The summed E-state index contributed by atoms with van der Waals surface area (Å²) in [5.41, 5.74) is -0.337. The smallest absolute Gasteiger partial charge is 0.0673 e. The Hall–Kier alpha value is -0.0400. The summed E-state index contributed by atoms with van der Waals surface area (Å²) in [4.78, 5) is 0. The topological polar surface area (TPSA) is 20.2 Å². The lowest BCUT2D eigenvalue weighted by atomic mass is 9.70. The number of hydrogen-bond acceptors (Lipinski definition) is 1. The van der Waals surface area contributed by atoms with E-state index >= 15 is 0 Å². The van der Waals surface area contributed by atoms with E-state index in [0.717, 1.165) is 18.8 Å². The van der Waals surface area contributed by atoms with Crippen molar-refractivity contribution in [1.29, 1.82) is 0 Å². The van der Waals surface area contributed by atoms with E-state index in [2.05, 4.69) is 20.8 Å². The van der Waals surface area contributed by atoms with E-state index in [1.54, 1.807) is 0 Å². The first-order chi connectivity index (χ1) is 8.58. The quantitative estimate of drug-likeness (QED) is 0.582. The molecule has 1 nitrogen and oxygen atoms in total. The van der Waals surface area contributed by atoms with Crippen LogP contribution in [-0.2, 0) is 0 Å². The van der Waals surface area contributed by atoms with E-state index in [1.165, 1.54) is 57.8 Å². The highest BCUT2D eigenvalue weighted by Gasteiger charge is 2.37. The Balaban J connectivity index is 2.10. The van der Waals surface area contributed by atoms with Crippen molar-refractivity contribution < 1.29 is 5.11 Å². The van der Waals surface area contributed by atoms with Gasteiger partial charge in [-0.15, -0.1) is 0 Å². The molecule has 0 aromatic rings. The molecule has 0 bridgehead atoms. The second-order valence-corrected chi connectivity index (χ2v) is 6.76. The van der Waals surface area contributed by atoms with Crippen molar-refractivity contribution in [3.8, 4) is 0 Å². The summed E-state index contributed by atoms with van der Waals surface area (Å²) < 4.78 is 0. The first-order valence-corrected chi connectivity index (χ1v) is 8.31. The van der Waals surface area contributed by atoms with E-state index < -0.39 is 0 Å². The summed E-state index contributed by atoms with van der Waals surface area (Å²) in [5, 5.41) is 10.7. The number of hydrogen-bond donors (Lipinski definition) is 1. The van der Waals surface area contributed by atoms with Gasteiger partial charge in [-0.05, 0) is 37.5 Å². The van der Waals surface area contributed by atoms with Crippen LogP contribution >= 0.6 is 0 Å². The fourth-order valence-electron chi connectivity index (χ4n) is 3.44. The molecule has 1 rings (SSSR count). The maximum Gasteiger partial charge on any atom is 0.0673 e. The van der Waals surface area contributed by atoms with Crippen LogP contribution in [0.25, 0.3) is 0 Å². The second kappa shape index (κ2) is 8.19. The Kier molecular flexibility index (Phi) is 7.29. The summed E-state index contributed by atoms with van der Waals surface area (Å²) in [5.74, 6) is 1.32. The van der Waals surface area contributed by atoms with Crippen molar-refractivity contribution >= 4 is 0 Å². The molecule has 0 amide bonds. The van der Waals surface area contributed by atoms with Gasteiger partial charge in [0.15, 0.2) is 0 Å². The van der Waals surface area contributed by atoms with Gasteiger partial charge in [-0.1, -0.05) is 65.7 Å². The van der Waals surface area contributed by atoms with Crippen molar-refractivity contribution in [3.63, 3.8) is 0 Å². The lowest BCUT2D eigenvalue weighted by molar-refractivity contribution is -0.0607. The van der Waals surface area contributed by atoms with E-state index in [0.29, 0.717) is 5.92 Å². The highest BCUT2D eigenvalue weighted by atomic mass is 16.3. The third-order valence-corrected chi connectivity index (χ3v) is 4.96. The summed E-state index contributed by atoms with van der Waals surface area (Å²) >= 11 is 0. The minimum absolute atomic E-state index is 0.337. The highest BCUT2D eigenvalue weighted by Crippen LogP contribution is 2.39. The van der Waals surface area contributed by atoms with Crippen LogP contribution in [0.4, 0.5) is 0 Å².